The molecule has 0 unspecified atom stereocenters. The van der Waals surface area contributed by atoms with Gasteiger partial charge >= 0.3 is 23.1 Å². The van der Waals surface area contributed by atoms with Crippen molar-refractivity contribution in [1.82, 2.24) is 9.36 Å². The summed E-state index contributed by atoms with van der Waals surface area (Å²) in [6.45, 7) is 18.8. The van der Waals surface area contributed by atoms with Crippen molar-refractivity contribution in [3.8, 4) is 0 Å². The van der Waals surface area contributed by atoms with Gasteiger partial charge in [0.2, 0.25) is 11.4 Å². The number of H-pyrrole nitrogens is 2. The second kappa shape index (κ2) is 11.7. The first-order chi connectivity index (χ1) is 13.7. The SMILES string of the molecule is Cc1cc(C)n(C(n2[nH+]c(C)cc2C)[Si](C)(C)[N-]c2ccccc2)[nH+]1.[CH2-]CCC.[Mg+2]. The van der Waals surface area contributed by atoms with E-state index < -0.39 is 8.24 Å². The number of nitrogens with zero attached hydrogens (tertiary/aromatic N) is 3. The molecule has 0 aliphatic heterocycles. The zero-order valence-corrected chi connectivity index (χ0v) is 22.2. The molecule has 0 radical (unpaired) electrons. The summed E-state index contributed by atoms with van der Waals surface area (Å²) in [4.78, 5) is 5.20. The molecule has 0 amide bonds. The largest absolute Gasteiger partial charge is 2.00 e. The van der Waals surface area contributed by atoms with E-state index in [4.69, 9.17) is 4.98 Å². The van der Waals surface area contributed by atoms with Crippen LogP contribution in [0.25, 0.3) is 4.98 Å². The number of benzene rings is 1. The van der Waals surface area contributed by atoms with Gasteiger partial charge in [0.05, 0.1) is 11.4 Å². The normalized spacial score (nSPS) is 11.0. The van der Waals surface area contributed by atoms with Gasteiger partial charge < -0.3 is 11.9 Å². The molecule has 0 aliphatic carbocycles. The number of nitrogens with one attached hydrogen (secondary N) is 2. The number of aromatic amines is 2. The average molecular weight is 436 g/mol. The molecule has 1 aromatic carbocycles. The Labute approximate surface area is 199 Å². The quantitative estimate of drug-likeness (QED) is 0.391. The Morgan fingerprint density at radius 1 is 0.933 bits per heavy atom. The number of aromatic nitrogens is 4. The van der Waals surface area contributed by atoms with E-state index in [1.807, 2.05) is 18.2 Å². The monoisotopic (exact) mass is 435 g/mol. The van der Waals surface area contributed by atoms with Crippen molar-refractivity contribution in [3.05, 3.63) is 77.1 Å². The van der Waals surface area contributed by atoms with E-state index in [0.29, 0.717) is 0 Å². The van der Waals surface area contributed by atoms with E-state index >= 15 is 0 Å². The van der Waals surface area contributed by atoms with Crippen molar-refractivity contribution in [2.24, 2.45) is 0 Å². The smallest absolute Gasteiger partial charge is 0.684 e. The second-order valence-corrected chi connectivity index (χ2v) is 12.3. The van der Waals surface area contributed by atoms with Crippen LogP contribution in [-0.4, -0.2) is 40.7 Å². The van der Waals surface area contributed by atoms with Gasteiger partial charge in [-0.3, -0.25) is 0 Å². The van der Waals surface area contributed by atoms with Crippen LogP contribution in [0.1, 0.15) is 48.3 Å². The van der Waals surface area contributed by atoms with Gasteiger partial charge in [-0.25, -0.2) is 0 Å². The van der Waals surface area contributed by atoms with E-state index in [1.165, 1.54) is 17.8 Å². The molecule has 3 aromatic rings. The summed E-state index contributed by atoms with van der Waals surface area (Å²) in [5.74, 6) is 0.107. The Morgan fingerprint density at radius 2 is 1.37 bits per heavy atom. The summed E-state index contributed by atoms with van der Waals surface area (Å²) in [7, 11) is -2.10. The maximum absolute atomic E-state index is 5.20. The maximum Gasteiger partial charge on any atom is 2.00 e. The molecule has 5 nitrogen and oxygen atoms in total. The maximum atomic E-state index is 5.20. The van der Waals surface area contributed by atoms with Crippen molar-refractivity contribution < 1.29 is 10.2 Å². The molecule has 0 aliphatic rings. The Kier molecular flexibility index (Phi) is 10.3. The van der Waals surface area contributed by atoms with Gasteiger partial charge in [0, 0.05) is 34.2 Å². The van der Waals surface area contributed by atoms with Gasteiger partial charge in [-0.2, -0.15) is 6.42 Å². The molecule has 0 saturated carbocycles. The zero-order valence-electron chi connectivity index (χ0n) is 19.8. The molecule has 3 rings (SSSR count). The molecule has 30 heavy (non-hydrogen) atoms. The standard InChI is InChI=1S/C19H26N5Si.C4H9.Mg/c1-14-12-16(3)23(20-14)19(24-17(4)13-15(2)21-24)25(5,6)22-18-10-8-7-9-11-18;1-3-4-2;/h7-13,19H,1-6H3;1,3-4H2,2H3;/q2*-1;+2/p+2. The van der Waals surface area contributed by atoms with Crippen LogP contribution in [-0.2, 0) is 0 Å². The van der Waals surface area contributed by atoms with Crippen LogP contribution in [0.2, 0.25) is 13.1 Å². The summed E-state index contributed by atoms with van der Waals surface area (Å²) >= 11 is 0. The van der Waals surface area contributed by atoms with Crippen molar-refractivity contribution >= 4 is 37.0 Å². The summed E-state index contributed by atoms with van der Waals surface area (Å²) in [5.41, 5.74) is 5.80. The molecule has 2 N–H and O–H groups in total. The number of hydrogen-bond acceptors (Lipinski definition) is 0. The van der Waals surface area contributed by atoms with Crippen LogP contribution in [0.15, 0.2) is 42.5 Å². The van der Waals surface area contributed by atoms with Crippen LogP contribution in [0.3, 0.4) is 0 Å². The van der Waals surface area contributed by atoms with Gasteiger partial charge in [-0.05, 0) is 13.8 Å². The second-order valence-electron chi connectivity index (χ2n) is 8.23. The molecule has 0 saturated heterocycles. The molecular weight excluding hydrogens is 399 g/mol. The summed E-state index contributed by atoms with van der Waals surface area (Å²) in [6.07, 6.45) is 2.28. The molecule has 2 aromatic heterocycles. The predicted molar refractivity (Wildman–Crippen MR) is 128 cm³/mol. The fourth-order valence-electron chi connectivity index (χ4n) is 3.54. The van der Waals surface area contributed by atoms with Gasteiger partial charge in [0.1, 0.15) is 0 Å². The fraction of sp³-hybridized carbons (Fsp3) is 0.435. The van der Waals surface area contributed by atoms with Gasteiger partial charge in [0.25, 0.3) is 0 Å². The Hall–Kier alpha value is -1.58. The third kappa shape index (κ3) is 6.72. The molecule has 158 valence electrons. The third-order valence-corrected chi connectivity index (χ3v) is 7.47. The van der Waals surface area contributed by atoms with Crippen molar-refractivity contribution in [2.75, 3.05) is 0 Å². The Balaban J connectivity index is 0.000000827. The molecule has 0 bridgehead atoms. The molecule has 0 atom stereocenters. The summed E-state index contributed by atoms with van der Waals surface area (Å²) in [6, 6.07) is 14.7. The van der Waals surface area contributed by atoms with E-state index in [2.05, 4.69) is 98.5 Å². The van der Waals surface area contributed by atoms with Crippen molar-refractivity contribution in [2.45, 2.75) is 66.3 Å². The first-order valence-electron chi connectivity index (χ1n) is 10.4. The van der Waals surface area contributed by atoms with Gasteiger partial charge in [-0.15, -0.1) is 25.2 Å². The van der Waals surface area contributed by atoms with E-state index in [-0.39, 0.29) is 28.8 Å². The third-order valence-electron chi connectivity index (χ3n) is 4.85. The summed E-state index contributed by atoms with van der Waals surface area (Å²) in [5, 5.41) is 7.04. The molecule has 0 fully saturated rings. The first-order valence-corrected chi connectivity index (χ1v) is 13.4. The molecular formula is C23H37MgN5Si+2. The van der Waals surface area contributed by atoms with Crippen molar-refractivity contribution in [1.29, 1.82) is 0 Å². The van der Waals surface area contributed by atoms with Crippen LogP contribution in [0.5, 0.6) is 0 Å². The predicted octanol–water partition coefficient (Wildman–Crippen LogP) is 4.89. The van der Waals surface area contributed by atoms with Gasteiger partial charge in [-0.1, -0.05) is 56.8 Å². The Morgan fingerprint density at radius 3 is 1.70 bits per heavy atom. The van der Waals surface area contributed by atoms with E-state index in [0.717, 1.165) is 23.5 Å². The number of hydrogen-bond donors (Lipinski definition) is 0. The molecule has 7 heteroatoms. The first kappa shape index (κ1) is 26.5. The summed E-state index contributed by atoms with van der Waals surface area (Å²) < 4.78 is 4.52. The van der Waals surface area contributed by atoms with E-state index in [1.54, 1.807) is 0 Å². The van der Waals surface area contributed by atoms with E-state index in [9.17, 15) is 0 Å². The van der Waals surface area contributed by atoms with Crippen molar-refractivity contribution in [3.63, 3.8) is 0 Å². The van der Waals surface area contributed by atoms with Crippen LogP contribution in [0, 0.1) is 34.6 Å². The molecule has 0 spiro atoms. The number of unbranched alkanes of at least 4 members (excludes halogenated alkanes) is 1. The molecule has 2 heterocycles. The fourth-order valence-corrected chi connectivity index (χ4v) is 6.27. The Bertz CT molecular complexity index is 853. The topological polar surface area (TPSA) is 52.2 Å². The zero-order chi connectivity index (χ0) is 21.6. The number of rotatable bonds is 6. The van der Waals surface area contributed by atoms with Crippen LogP contribution < -0.4 is 10.2 Å². The van der Waals surface area contributed by atoms with Gasteiger partial charge in [0.15, 0.2) is 5.79 Å². The minimum Gasteiger partial charge on any atom is -0.684 e. The van der Waals surface area contributed by atoms with Crippen LogP contribution in [0.4, 0.5) is 5.69 Å². The minimum absolute atomic E-state index is 0. The van der Waals surface area contributed by atoms with Crippen LogP contribution >= 0.6 is 0 Å². The number of aryl methyl sites for hydroxylation is 4. The minimum atomic E-state index is -2.10. The average Bonchev–Trinajstić information content (AvgIpc) is 3.16.